The summed E-state index contributed by atoms with van der Waals surface area (Å²) in [7, 11) is -3.33. The average molecular weight is 228 g/mol. The molecule has 0 radical (unpaired) electrons. The van der Waals surface area contributed by atoms with Crippen molar-refractivity contribution in [2.75, 3.05) is 19.6 Å². The first kappa shape index (κ1) is 12.2. The van der Waals surface area contributed by atoms with Gasteiger partial charge in [-0.25, -0.2) is 13.1 Å². The van der Waals surface area contributed by atoms with Crippen LogP contribution in [0, 0.1) is 0 Å². The van der Waals surface area contributed by atoms with Crippen LogP contribution in [0.2, 0.25) is 0 Å². The topological polar surface area (TPSA) is 58.2 Å². The van der Waals surface area contributed by atoms with Gasteiger partial charge < -0.3 is 5.32 Å². The van der Waals surface area contributed by atoms with Gasteiger partial charge in [-0.3, -0.25) is 0 Å². The van der Waals surface area contributed by atoms with Crippen LogP contribution in [0.25, 0.3) is 0 Å². The summed E-state index contributed by atoms with van der Waals surface area (Å²) in [6.07, 6.45) is 0. The van der Waals surface area contributed by atoms with Gasteiger partial charge in [0, 0.05) is 13.1 Å². The summed E-state index contributed by atoms with van der Waals surface area (Å²) in [4.78, 5) is 0.307. The Bertz CT molecular complexity index is 376. The molecule has 84 valence electrons. The Morgan fingerprint density at radius 3 is 2.40 bits per heavy atom. The summed E-state index contributed by atoms with van der Waals surface area (Å²) < 4.78 is 25.8. The second-order valence-corrected chi connectivity index (χ2v) is 4.83. The van der Waals surface area contributed by atoms with Crippen molar-refractivity contribution in [1.82, 2.24) is 10.0 Å². The maximum Gasteiger partial charge on any atom is 0.240 e. The Hall–Kier alpha value is -0.910. The summed E-state index contributed by atoms with van der Waals surface area (Å²) >= 11 is 0. The number of rotatable bonds is 6. The molecular weight excluding hydrogens is 212 g/mol. The third-order valence-corrected chi connectivity index (χ3v) is 3.37. The molecule has 0 aliphatic carbocycles. The molecule has 0 spiro atoms. The van der Waals surface area contributed by atoms with Crippen molar-refractivity contribution >= 4 is 10.0 Å². The summed E-state index contributed by atoms with van der Waals surface area (Å²) in [5.41, 5.74) is 0. The van der Waals surface area contributed by atoms with Crippen LogP contribution in [0.4, 0.5) is 0 Å². The maximum atomic E-state index is 11.7. The second-order valence-electron chi connectivity index (χ2n) is 3.06. The lowest BCUT2D eigenvalue weighted by atomic mass is 10.4. The molecule has 2 N–H and O–H groups in total. The van der Waals surface area contributed by atoms with Gasteiger partial charge in [0.05, 0.1) is 4.90 Å². The average Bonchev–Trinajstić information content (AvgIpc) is 2.26. The van der Waals surface area contributed by atoms with E-state index in [4.69, 9.17) is 0 Å². The predicted molar refractivity (Wildman–Crippen MR) is 60.2 cm³/mol. The van der Waals surface area contributed by atoms with Gasteiger partial charge in [0.15, 0.2) is 0 Å². The molecule has 0 aromatic heterocycles. The molecule has 15 heavy (non-hydrogen) atoms. The van der Waals surface area contributed by atoms with Gasteiger partial charge in [-0.05, 0) is 18.7 Å². The van der Waals surface area contributed by atoms with E-state index >= 15 is 0 Å². The van der Waals surface area contributed by atoms with Gasteiger partial charge in [-0.1, -0.05) is 25.1 Å². The van der Waals surface area contributed by atoms with Crippen LogP contribution < -0.4 is 10.0 Å². The molecule has 0 amide bonds. The number of nitrogens with one attached hydrogen (secondary N) is 2. The van der Waals surface area contributed by atoms with Crippen LogP contribution in [0.15, 0.2) is 35.2 Å². The molecule has 0 unspecified atom stereocenters. The number of hydrogen-bond acceptors (Lipinski definition) is 3. The molecule has 0 saturated carbocycles. The lowest BCUT2D eigenvalue weighted by molar-refractivity contribution is 0.577. The van der Waals surface area contributed by atoms with Crippen LogP contribution in [0.1, 0.15) is 6.92 Å². The standard InChI is InChI=1S/C10H16N2O2S/c1-2-11-8-9-12-15(13,14)10-6-4-3-5-7-10/h3-7,11-12H,2,8-9H2,1H3. The zero-order chi connectivity index (χ0) is 11.1. The Morgan fingerprint density at radius 1 is 1.13 bits per heavy atom. The largest absolute Gasteiger partial charge is 0.316 e. The minimum Gasteiger partial charge on any atom is -0.316 e. The van der Waals surface area contributed by atoms with E-state index < -0.39 is 10.0 Å². The first-order valence-electron chi connectivity index (χ1n) is 4.92. The van der Waals surface area contributed by atoms with Crippen molar-refractivity contribution in [3.8, 4) is 0 Å². The monoisotopic (exact) mass is 228 g/mol. The van der Waals surface area contributed by atoms with Crippen molar-refractivity contribution in [2.45, 2.75) is 11.8 Å². The third-order valence-electron chi connectivity index (χ3n) is 1.90. The van der Waals surface area contributed by atoms with Gasteiger partial charge in [0.1, 0.15) is 0 Å². The van der Waals surface area contributed by atoms with E-state index in [0.717, 1.165) is 6.54 Å². The highest BCUT2D eigenvalue weighted by atomic mass is 32.2. The predicted octanol–water partition coefficient (Wildman–Crippen LogP) is 0.574. The lowest BCUT2D eigenvalue weighted by Gasteiger charge is -2.06. The SMILES string of the molecule is CCNCCNS(=O)(=O)c1ccccc1. The number of hydrogen-bond donors (Lipinski definition) is 2. The van der Waals surface area contributed by atoms with Gasteiger partial charge in [-0.15, -0.1) is 0 Å². The molecule has 0 aliphatic rings. The fourth-order valence-electron chi connectivity index (χ4n) is 1.13. The zero-order valence-corrected chi connectivity index (χ0v) is 9.55. The molecule has 0 atom stereocenters. The molecule has 1 rings (SSSR count). The molecule has 0 bridgehead atoms. The lowest BCUT2D eigenvalue weighted by Crippen LogP contribution is -2.31. The number of sulfonamides is 1. The molecule has 4 nitrogen and oxygen atoms in total. The first-order chi connectivity index (χ1) is 7.17. The van der Waals surface area contributed by atoms with E-state index in [1.807, 2.05) is 6.92 Å². The van der Waals surface area contributed by atoms with E-state index in [9.17, 15) is 8.42 Å². The van der Waals surface area contributed by atoms with Crippen molar-refractivity contribution in [2.24, 2.45) is 0 Å². The Kier molecular flexibility index (Phi) is 4.74. The van der Waals surface area contributed by atoms with Crippen LogP contribution in [-0.4, -0.2) is 28.1 Å². The van der Waals surface area contributed by atoms with E-state index in [1.165, 1.54) is 0 Å². The smallest absolute Gasteiger partial charge is 0.240 e. The van der Waals surface area contributed by atoms with Crippen LogP contribution in [0.5, 0.6) is 0 Å². The van der Waals surface area contributed by atoms with E-state index in [0.29, 0.717) is 18.0 Å². The highest BCUT2D eigenvalue weighted by molar-refractivity contribution is 7.89. The first-order valence-corrected chi connectivity index (χ1v) is 6.40. The van der Waals surface area contributed by atoms with E-state index in [1.54, 1.807) is 30.3 Å². The second kappa shape index (κ2) is 5.85. The van der Waals surface area contributed by atoms with Crippen LogP contribution in [0.3, 0.4) is 0 Å². The minimum absolute atomic E-state index is 0.307. The van der Waals surface area contributed by atoms with Crippen molar-refractivity contribution < 1.29 is 8.42 Å². The van der Waals surface area contributed by atoms with Gasteiger partial charge in [0.2, 0.25) is 10.0 Å². The third kappa shape index (κ3) is 3.99. The quantitative estimate of drug-likeness (QED) is 0.700. The van der Waals surface area contributed by atoms with Crippen molar-refractivity contribution in [1.29, 1.82) is 0 Å². The molecule has 0 saturated heterocycles. The van der Waals surface area contributed by atoms with Crippen molar-refractivity contribution in [3.05, 3.63) is 30.3 Å². The Morgan fingerprint density at radius 2 is 1.80 bits per heavy atom. The molecule has 1 aromatic rings. The summed E-state index contributed by atoms with van der Waals surface area (Å²) in [6, 6.07) is 8.36. The van der Waals surface area contributed by atoms with Gasteiger partial charge in [-0.2, -0.15) is 0 Å². The molecule has 0 fully saturated rings. The summed E-state index contributed by atoms with van der Waals surface area (Å²) in [6.45, 7) is 3.87. The van der Waals surface area contributed by atoms with E-state index in [-0.39, 0.29) is 0 Å². The molecular formula is C10H16N2O2S. The van der Waals surface area contributed by atoms with E-state index in [2.05, 4.69) is 10.0 Å². The summed E-state index contributed by atoms with van der Waals surface area (Å²) in [5, 5.41) is 3.05. The highest BCUT2D eigenvalue weighted by Crippen LogP contribution is 2.05. The molecule has 0 aliphatic heterocycles. The molecule has 5 heteroatoms. The van der Waals surface area contributed by atoms with Crippen LogP contribution in [-0.2, 0) is 10.0 Å². The Balaban J connectivity index is 2.53. The zero-order valence-electron chi connectivity index (χ0n) is 8.73. The van der Waals surface area contributed by atoms with Crippen molar-refractivity contribution in [3.63, 3.8) is 0 Å². The fourth-order valence-corrected chi connectivity index (χ4v) is 2.19. The molecule has 0 heterocycles. The maximum absolute atomic E-state index is 11.7. The minimum atomic E-state index is -3.33. The number of likely N-dealkylation sites (N-methyl/N-ethyl adjacent to an activating group) is 1. The number of benzene rings is 1. The normalized spacial score (nSPS) is 11.5. The molecule has 1 aromatic carbocycles. The summed E-state index contributed by atoms with van der Waals surface area (Å²) in [5.74, 6) is 0. The fraction of sp³-hybridized carbons (Fsp3) is 0.400. The Labute approximate surface area is 90.8 Å². The van der Waals surface area contributed by atoms with Crippen LogP contribution >= 0.6 is 0 Å². The van der Waals surface area contributed by atoms with Gasteiger partial charge >= 0.3 is 0 Å². The highest BCUT2D eigenvalue weighted by Gasteiger charge is 2.11. The van der Waals surface area contributed by atoms with Gasteiger partial charge in [0.25, 0.3) is 0 Å².